The summed E-state index contributed by atoms with van der Waals surface area (Å²) in [6, 6.07) is 2.66. The summed E-state index contributed by atoms with van der Waals surface area (Å²) >= 11 is 0. The van der Waals surface area contributed by atoms with E-state index in [2.05, 4.69) is 4.98 Å². The largest absolute Gasteiger partial charge is 0.506 e. The summed E-state index contributed by atoms with van der Waals surface area (Å²) in [4.78, 5) is 14.2. The molecule has 1 heterocycles. The van der Waals surface area contributed by atoms with Gasteiger partial charge in [0.2, 0.25) is 0 Å². The number of aromatic hydroxyl groups is 1. The number of rotatable bonds is 4. The summed E-state index contributed by atoms with van der Waals surface area (Å²) in [6.45, 7) is 0. The van der Waals surface area contributed by atoms with Crippen LogP contribution < -0.4 is 5.73 Å². The van der Waals surface area contributed by atoms with Crippen LogP contribution in [0.1, 0.15) is 24.6 Å². The van der Waals surface area contributed by atoms with Crippen LogP contribution in [0.2, 0.25) is 0 Å². The Hall–Kier alpha value is -1.62. The first-order valence-corrected chi connectivity index (χ1v) is 4.22. The maximum Gasteiger partial charge on any atom is 0.303 e. The topological polar surface area (TPSA) is 96.4 Å². The standard InChI is InChI=1S/C9H12N2O3/c10-7(2-4-9(13)14)8-3-1-6(12)5-11-8/h1,3,5,7,12H,2,4,10H2,(H,13,14). The van der Waals surface area contributed by atoms with Gasteiger partial charge in [0.1, 0.15) is 5.75 Å². The van der Waals surface area contributed by atoms with Crippen LogP contribution in [0.5, 0.6) is 5.75 Å². The zero-order valence-electron chi connectivity index (χ0n) is 7.55. The molecule has 1 aromatic rings. The maximum absolute atomic E-state index is 10.3. The van der Waals surface area contributed by atoms with E-state index in [4.69, 9.17) is 15.9 Å². The smallest absolute Gasteiger partial charge is 0.303 e. The van der Waals surface area contributed by atoms with Gasteiger partial charge in [0.25, 0.3) is 0 Å². The Morgan fingerprint density at radius 2 is 2.29 bits per heavy atom. The first kappa shape index (κ1) is 10.5. The van der Waals surface area contributed by atoms with Gasteiger partial charge >= 0.3 is 5.97 Å². The first-order chi connectivity index (χ1) is 6.59. The predicted octanol–water partition coefficient (Wildman–Crippen LogP) is 0.652. The number of carboxylic acid groups (broad SMARTS) is 1. The van der Waals surface area contributed by atoms with E-state index in [1.54, 1.807) is 6.07 Å². The number of carbonyl (C=O) groups is 1. The third-order valence-electron chi connectivity index (χ3n) is 1.82. The van der Waals surface area contributed by atoms with Gasteiger partial charge in [-0.2, -0.15) is 0 Å². The van der Waals surface area contributed by atoms with Crippen LogP contribution in [0.15, 0.2) is 18.3 Å². The molecule has 0 amide bonds. The molecule has 0 spiro atoms. The summed E-state index contributed by atoms with van der Waals surface area (Å²) in [5.41, 5.74) is 6.27. The summed E-state index contributed by atoms with van der Waals surface area (Å²) in [5, 5.41) is 17.4. The van der Waals surface area contributed by atoms with Gasteiger partial charge in [-0.05, 0) is 18.6 Å². The molecule has 76 valence electrons. The van der Waals surface area contributed by atoms with E-state index in [-0.39, 0.29) is 12.2 Å². The van der Waals surface area contributed by atoms with Gasteiger partial charge in [0, 0.05) is 12.5 Å². The maximum atomic E-state index is 10.3. The first-order valence-electron chi connectivity index (χ1n) is 4.22. The van der Waals surface area contributed by atoms with Crippen LogP contribution in [0.4, 0.5) is 0 Å². The van der Waals surface area contributed by atoms with Crippen molar-refractivity contribution >= 4 is 5.97 Å². The molecule has 1 atom stereocenters. The summed E-state index contributed by atoms with van der Waals surface area (Å²) in [6.07, 6.45) is 1.65. The highest BCUT2D eigenvalue weighted by Gasteiger charge is 2.09. The highest BCUT2D eigenvalue weighted by atomic mass is 16.4. The van der Waals surface area contributed by atoms with Crippen LogP contribution in [-0.2, 0) is 4.79 Å². The molecule has 5 heteroatoms. The van der Waals surface area contributed by atoms with E-state index >= 15 is 0 Å². The molecule has 0 saturated heterocycles. The molecule has 0 radical (unpaired) electrons. The molecule has 0 aliphatic carbocycles. The van der Waals surface area contributed by atoms with Crippen LogP contribution >= 0.6 is 0 Å². The number of nitrogens with two attached hydrogens (primary N) is 1. The Morgan fingerprint density at radius 1 is 1.57 bits per heavy atom. The third-order valence-corrected chi connectivity index (χ3v) is 1.82. The molecule has 4 N–H and O–H groups in total. The van der Waals surface area contributed by atoms with Crippen molar-refractivity contribution in [2.45, 2.75) is 18.9 Å². The minimum Gasteiger partial charge on any atom is -0.506 e. The van der Waals surface area contributed by atoms with Gasteiger partial charge < -0.3 is 15.9 Å². The molecule has 14 heavy (non-hydrogen) atoms. The van der Waals surface area contributed by atoms with E-state index in [1.165, 1.54) is 12.3 Å². The Bertz CT molecular complexity index is 310. The molecule has 5 nitrogen and oxygen atoms in total. The lowest BCUT2D eigenvalue weighted by molar-refractivity contribution is -0.137. The monoisotopic (exact) mass is 196 g/mol. The SMILES string of the molecule is NC(CCC(=O)O)c1ccc(O)cn1. The highest BCUT2D eigenvalue weighted by molar-refractivity contribution is 5.66. The number of nitrogens with zero attached hydrogens (tertiary/aromatic N) is 1. The van der Waals surface area contributed by atoms with Gasteiger partial charge in [0.15, 0.2) is 0 Å². The van der Waals surface area contributed by atoms with Crippen LogP contribution in [0.3, 0.4) is 0 Å². The third kappa shape index (κ3) is 3.02. The average Bonchev–Trinajstić information content (AvgIpc) is 2.15. The highest BCUT2D eigenvalue weighted by Crippen LogP contribution is 2.15. The van der Waals surface area contributed by atoms with E-state index in [9.17, 15) is 4.79 Å². The zero-order valence-corrected chi connectivity index (χ0v) is 7.55. The molecule has 0 fully saturated rings. The predicted molar refractivity (Wildman–Crippen MR) is 49.7 cm³/mol. The second-order valence-electron chi connectivity index (χ2n) is 2.98. The van der Waals surface area contributed by atoms with Crippen molar-refractivity contribution in [3.05, 3.63) is 24.0 Å². The van der Waals surface area contributed by atoms with E-state index in [0.29, 0.717) is 12.1 Å². The van der Waals surface area contributed by atoms with Crippen molar-refractivity contribution in [1.82, 2.24) is 4.98 Å². The normalized spacial score (nSPS) is 12.4. The van der Waals surface area contributed by atoms with Gasteiger partial charge in [-0.15, -0.1) is 0 Å². The number of pyridine rings is 1. The lowest BCUT2D eigenvalue weighted by Gasteiger charge is -2.08. The minimum atomic E-state index is -0.876. The molecular formula is C9H12N2O3. The number of aromatic nitrogens is 1. The Balaban J connectivity index is 2.56. The van der Waals surface area contributed by atoms with Crippen molar-refractivity contribution < 1.29 is 15.0 Å². The molecule has 0 aromatic carbocycles. The van der Waals surface area contributed by atoms with Gasteiger partial charge in [-0.25, -0.2) is 0 Å². The molecular weight excluding hydrogens is 184 g/mol. The Kier molecular flexibility index (Phi) is 3.41. The zero-order chi connectivity index (χ0) is 10.6. The van der Waals surface area contributed by atoms with Gasteiger partial charge in [-0.1, -0.05) is 0 Å². The second kappa shape index (κ2) is 4.57. The van der Waals surface area contributed by atoms with Crippen LogP contribution in [0.25, 0.3) is 0 Å². The molecule has 0 aliphatic heterocycles. The number of carboxylic acids is 1. The van der Waals surface area contributed by atoms with Crippen molar-refractivity contribution in [3.63, 3.8) is 0 Å². The van der Waals surface area contributed by atoms with Crippen molar-refractivity contribution in [1.29, 1.82) is 0 Å². The van der Waals surface area contributed by atoms with E-state index in [1.807, 2.05) is 0 Å². The van der Waals surface area contributed by atoms with Gasteiger partial charge in [0.05, 0.1) is 11.9 Å². The molecule has 0 aliphatic rings. The Morgan fingerprint density at radius 3 is 2.79 bits per heavy atom. The number of aliphatic carboxylic acids is 1. The average molecular weight is 196 g/mol. The molecule has 1 aromatic heterocycles. The fourth-order valence-corrected chi connectivity index (χ4v) is 1.04. The van der Waals surface area contributed by atoms with E-state index < -0.39 is 12.0 Å². The second-order valence-corrected chi connectivity index (χ2v) is 2.98. The van der Waals surface area contributed by atoms with Gasteiger partial charge in [-0.3, -0.25) is 9.78 Å². The van der Waals surface area contributed by atoms with Crippen LogP contribution in [0, 0.1) is 0 Å². The summed E-state index contributed by atoms with van der Waals surface area (Å²) < 4.78 is 0. The van der Waals surface area contributed by atoms with Crippen molar-refractivity contribution in [2.24, 2.45) is 5.73 Å². The molecule has 0 saturated carbocycles. The van der Waals surface area contributed by atoms with Crippen molar-refractivity contribution in [2.75, 3.05) is 0 Å². The number of hydrogen-bond donors (Lipinski definition) is 3. The van der Waals surface area contributed by atoms with Crippen molar-refractivity contribution in [3.8, 4) is 5.75 Å². The lowest BCUT2D eigenvalue weighted by atomic mass is 10.1. The quantitative estimate of drug-likeness (QED) is 0.657. The fraction of sp³-hybridized carbons (Fsp3) is 0.333. The summed E-state index contributed by atoms with van der Waals surface area (Å²) in [7, 11) is 0. The lowest BCUT2D eigenvalue weighted by Crippen LogP contribution is -2.13. The minimum absolute atomic E-state index is 0.0176. The molecule has 0 bridgehead atoms. The fourth-order valence-electron chi connectivity index (χ4n) is 1.04. The Labute approximate surface area is 81.2 Å². The summed E-state index contributed by atoms with van der Waals surface area (Å²) in [5.74, 6) is -0.807. The molecule has 1 unspecified atom stereocenters. The van der Waals surface area contributed by atoms with Crippen LogP contribution in [-0.4, -0.2) is 21.2 Å². The molecule has 1 rings (SSSR count). The number of hydrogen-bond acceptors (Lipinski definition) is 4. The van der Waals surface area contributed by atoms with E-state index in [0.717, 1.165) is 0 Å².